The first-order valence-electron chi connectivity index (χ1n) is 7.32. The Morgan fingerprint density at radius 2 is 1.71 bits per heavy atom. The van der Waals surface area contributed by atoms with Gasteiger partial charge in [0.05, 0.1) is 11.4 Å². The zero-order chi connectivity index (χ0) is 16.9. The molecule has 0 radical (unpaired) electrons. The van der Waals surface area contributed by atoms with Crippen LogP contribution in [0.25, 0.3) is 21.5 Å². The van der Waals surface area contributed by atoms with Crippen molar-refractivity contribution < 1.29 is 9.90 Å². The lowest BCUT2D eigenvalue weighted by molar-refractivity contribution is -0.133. The van der Waals surface area contributed by atoms with Crippen molar-refractivity contribution in [2.45, 2.75) is 0 Å². The first-order chi connectivity index (χ1) is 11.7. The first-order valence-corrected chi connectivity index (χ1v) is 8.31. The van der Waals surface area contributed by atoms with Crippen LogP contribution >= 0.6 is 11.8 Å². The summed E-state index contributed by atoms with van der Waals surface area (Å²) in [7, 11) is 1.57. The van der Waals surface area contributed by atoms with Crippen LogP contribution in [0.4, 0.5) is 5.69 Å². The molecule has 0 aliphatic rings. The minimum absolute atomic E-state index is 0.0931. The molecule has 120 valence electrons. The van der Waals surface area contributed by atoms with E-state index in [4.69, 9.17) is 5.11 Å². The third kappa shape index (κ3) is 3.44. The van der Waals surface area contributed by atoms with Crippen LogP contribution in [0.5, 0.6) is 0 Å². The van der Waals surface area contributed by atoms with Crippen molar-refractivity contribution in [1.82, 2.24) is 0 Å². The van der Waals surface area contributed by atoms with Crippen molar-refractivity contribution in [3.63, 3.8) is 0 Å². The molecule has 0 saturated carbocycles. The van der Waals surface area contributed by atoms with E-state index in [0.29, 0.717) is 5.17 Å². The summed E-state index contributed by atoms with van der Waals surface area (Å²) in [5, 5.41) is 21.9. The number of carboxylic acid groups (broad SMARTS) is 1. The molecule has 3 aromatic rings. The van der Waals surface area contributed by atoms with Gasteiger partial charge in [-0.1, -0.05) is 60.3 Å². The Morgan fingerprint density at radius 3 is 2.42 bits per heavy atom. The number of amidine groups is 1. The van der Waals surface area contributed by atoms with Gasteiger partial charge >= 0.3 is 5.97 Å². The topological polar surface area (TPSA) is 74.4 Å². The Bertz CT molecular complexity index is 967. The summed E-state index contributed by atoms with van der Waals surface area (Å²) in [5.74, 6) is -1.00. The molecule has 0 aliphatic carbocycles. The van der Waals surface area contributed by atoms with Crippen molar-refractivity contribution in [1.29, 1.82) is 0 Å². The molecule has 0 heterocycles. The fourth-order valence-corrected chi connectivity index (χ4v) is 2.96. The number of azo groups is 1. The SMILES string of the molecule is C/N=C(\N=N/c1cc2ccccc2c2ccccc12)SCC(=O)O. The van der Waals surface area contributed by atoms with E-state index in [1.807, 2.05) is 42.5 Å². The second-order valence-corrected chi connectivity index (χ2v) is 5.99. The summed E-state index contributed by atoms with van der Waals surface area (Å²) in [4.78, 5) is 14.6. The minimum atomic E-state index is -0.910. The number of carbonyl (C=O) groups is 1. The Hall–Kier alpha value is -2.73. The Kier molecular flexibility index (Phi) is 4.86. The number of hydrogen-bond acceptors (Lipinski definition) is 4. The summed E-state index contributed by atoms with van der Waals surface area (Å²) >= 11 is 1.05. The third-order valence-electron chi connectivity index (χ3n) is 3.51. The number of hydrogen-bond donors (Lipinski definition) is 1. The molecule has 3 rings (SSSR count). The summed E-state index contributed by atoms with van der Waals surface area (Å²) in [6, 6.07) is 18.1. The van der Waals surface area contributed by atoms with Gasteiger partial charge in [0.15, 0.2) is 0 Å². The van der Waals surface area contributed by atoms with Gasteiger partial charge in [-0.15, -0.1) is 10.2 Å². The highest BCUT2D eigenvalue weighted by atomic mass is 32.2. The highest BCUT2D eigenvalue weighted by molar-refractivity contribution is 8.14. The number of fused-ring (bicyclic) bond motifs is 3. The van der Waals surface area contributed by atoms with Crippen molar-refractivity contribution in [3.8, 4) is 0 Å². The normalized spacial score (nSPS) is 12.3. The van der Waals surface area contributed by atoms with Crippen molar-refractivity contribution in [2.24, 2.45) is 15.2 Å². The molecule has 0 aromatic heterocycles. The van der Waals surface area contributed by atoms with Crippen LogP contribution in [-0.4, -0.2) is 29.0 Å². The van der Waals surface area contributed by atoms with Gasteiger partial charge in [0, 0.05) is 12.4 Å². The predicted octanol–water partition coefficient (Wildman–Crippen LogP) is 4.88. The van der Waals surface area contributed by atoms with E-state index < -0.39 is 5.97 Å². The molecule has 6 heteroatoms. The van der Waals surface area contributed by atoms with Crippen LogP contribution in [0.15, 0.2) is 69.8 Å². The number of benzene rings is 3. The van der Waals surface area contributed by atoms with E-state index in [1.54, 1.807) is 7.05 Å². The Balaban J connectivity index is 2.05. The van der Waals surface area contributed by atoms with E-state index >= 15 is 0 Å². The summed E-state index contributed by atoms with van der Waals surface area (Å²) in [5.41, 5.74) is 0.737. The predicted molar refractivity (Wildman–Crippen MR) is 99.4 cm³/mol. The second kappa shape index (κ2) is 7.23. The van der Waals surface area contributed by atoms with Gasteiger partial charge in [-0.05, 0) is 22.2 Å². The molecule has 24 heavy (non-hydrogen) atoms. The van der Waals surface area contributed by atoms with Gasteiger partial charge in [-0.2, -0.15) is 0 Å². The molecule has 0 saturated heterocycles. The fourth-order valence-electron chi connectivity index (χ4n) is 2.48. The minimum Gasteiger partial charge on any atom is -0.481 e. The third-order valence-corrected chi connectivity index (χ3v) is 4.42. The zero-order valence-corrected chi connectivity index (χ0v) is 13.8. The van der Waals surface area contributed by atoms with E-state index in [9.17, 15) is 4.79 Å². The van der Waals surface area contributed by atoms with Gasteiger partial charge in [-0.25, -0.2) is 0 Å². The molecule has 1 N–H and O–H groups in total. The fraction of sp³-hybridized carbons (Fsp3) is 0.111. The number of rotatable bonds is 3. The molecule has 0 spiro atoms. The summed E-state index contributed by atoms with van der Waals surface area (Å²) in [6.07, 6.45) is 0. The van der Waals surface area contributed by atoms with Crippen LogP contribution in [0.2, 0.25) is 0 Å². The molecule has 0 bridgehead atoms. The highest BCUT2D eigenvalue weighted by Crippen LogP contribution is 2.33. The van der Waals surface area contributed by atoms with Crippen LogP contribution in [0, 0.1) is 0 Å². The van der Waals surface area contributed by atoms with Crippen molar-refractivity contribution >= 4 is 50.1 Å². The summed E-state index contributed by atoms with van der Waals surface area (Å²) in [6.45, 7) is 0. The van der Waals surface area contributed by atoms with Gasteiger partial charge in [0.25, 0.3) is 0 Å². The Labute approximate surface area is 143 Å². The van der Waals surface area contributed by atoms with Crippen molar-refractivity contribution in [2.75, 3.05) is 12.8 Å². The lowest BCUT2D eigenvalue weighted by Crippen LogP contribution is -2.00. The van der Waals surface area contributed by atoms with Gasteiger partial charge in [0.1, 0.15) is 0 Å². The number of thioether (sulfide) groups is 1. The number of aliphatic imine (C=N–C) groups is 1. The maximum atomic E-state index is 10.7. The molecular formula is C18H15N3O2S. The average Bonchev–Trinajstić information content (AvgIpc) is 2.61. The van der Waals surface area contributed by atoms with E-state index in [0.717, 1.165) is 39.0 Å². The number of aliphatic carboxylic acids is 1. The molecule has 5 nitrogen and oxygen atoms in total. The lowest BCUT2D eigenvalue weighted by Gasteiger charge is -2.06. The van der Waals surface area contributed by atoms with Crippen molar-refractivity contribution in [3.05, 3.63) is 54.6 Å². The quantitative estimate of drug-likeness (QED) is 0.320. The number of carboxylic acids is 1. The number of nitrogens with zero attached hydrogens (tertiary/aromatic N) is 3. The van der Waals surface area contributed by atoms with Gasteiger partial charge in [0.2, 0.25) is 5.17 Å². The van der Waals surface area contributed by atoms with Gasteiger partial charge < -0.3 is 5.11 Å². The average molecular weight is 337 g/mol. The maximum Gasteiger partial charge on any atom is 0.313 e. The molecule has 3 aromatic carbocycles. The first kappa shape index (κ1) is 16.1. The van der Waals surface area contributed by atoms with E-state index in [2.05, 4.69) is 27.4 Å². The maximum absolute atomic E-state index is 10.7. The van der Waals surface area contributed by atoms with Gasteiger partial charge in [-0.3, -0.25) is 9.79 Å². The smallest absolute Gasteiger partial charge is 0.313 e. The van der Waals surface area contributed by atoms with Crippen LogP contribution in [-0.2, 0) is 4.79 Å². The van der Waals surface area contributed by atoms with Crippen LogP contribution < -0.4 is 0 Å². The summed E-state index contributed by atoms with van der Waals surface area (Å²) < 4.78 is 0. The Morgan fingerprint density at radius 1 is 1.04 bits per heavy atom. The molecule has 0 fully saturated rings. The highest BCUT2D eigenvalue weighted by Gasteiger charge is 2.07. The van der Waals surface area contributed by atoms with E-state index in [-0.39, 0.29) is 5.75 Å². The molecule has 0 aliphatic heterocycles. The molecule has 0 amide bonds. The van der Waals surface area contributed by atoms with Crippen LogP contribution in [0.1, 0.15) is 0 Å². The molecule has 0 atom stereocenters. The second-order valence-electron chi connectivity index (χ2n) is 5.05. The standard InChI is InChI=1S/C18H15N3O2S/c1-19-18(24-11-17(22)23)21-20-16-10-12-6-2-3-7-13(12)14-8-4-5-9-15(14)16/h2-10H,11H2,1H3,(H,22,23)/b19-18+,21-20-. The monoisotopic (exact) mass is 337 g/mol. The largest absolute Gasteiger partial charge is 0.481 e. The lowest BCUT2D eigenvalue weighted by atomic mass is 10.0. The van der Waals surface area contributed by atoms with E-state index in [1.165, 1.54) is 0 Å². The molecule has 0 unspecified atom stereocenters. The van der Waals surface area contributed by atoms with Crippen LogP contribution in [0.3, 0.4) is 0 Å². The molecular weight excluding hydrogens is 322 g/mol. The zero-order valence-electron chi connectivity index (χ0n) is 13.0.